The Labute approximate surface area is 68.4 Å². The Bertz CT molecular complexity index is 74.0. The van der Waals surface area contributed by atoms with Gasteiger partial charge in [0, 0.05) is 12.6 Å². The van der Waals surface area contributed by atoms with Crippen molar-refractivity contribution in [3.8, 4) is 0 Å². The molecule has 0 radical (unpaired) electrons. The Hall–Kier alpha value is 0.210. The fraction of sp³-hybridized carbons (Fsp3) is 1.00. The first-order valence-electron chi connectivity index (χ1n) is 3.77. The monoisotopic (exact) mass is 165 g/mol. The van der Waals surface area contributed by atoms with E-state index in [2.05, 4.69) is 5.32 Å². The molecule has 1 aliphatic rings. The van der Waals surface area contributed by atoms with Crippen LogP contribution in [-0.4, -0.2) is 24.3 Å². The molecule has 0 spiro atoms. The Kier molecular flexibility index (Phi) is 6.08. The molecule has 1 rings (SSSR count). The summed E-state index contributed by atoms with van der Waals surface area (Å²) in [5.74, 6) is 0. The van der Waals surface area contributed by atoms with Crippen molar-refractivity contribution in [2.24, 2.45) is 0 Å². The predicted octanol–water partition coefficient (Wildman–Crippen LogP) is 0.933. The van der Waals surface area contributed by atoms with E-state index >= 15 is 0 Å². The van der Waals surface area contributed by atoms with Gasteiger partial charge in [0.25, 0.3) is 0 Å². The normalized spacial score (nSPS) is 24.3. The van der Waals surface area contributed by atoms with Crippen molar-refractivity contribution in [2.75, 3.05) is 13.2 Å². The van der Waals surface area contributed by atoms with Crippen molar-refractivity contribution in [3.63, 3.8) is 0 Å². The molecule has 0 saturated carbocycles. The van der Waals surface area contributed by atoms with E-state index in [0.717, 1.165) is 12.8 Å². The standard InChI is InChI=1S/C7H15NO.ClH/c9-6-2-4-7-3-1-5-8-7;/h7-9H,1-6H2;1H/t7-;/m0./s1. The molecule has 2 nitrogen and oxygen atoms in total. The lowest BCUT2D eigenvalue weighted by molar-refractivity contribution is 0.277. The summed E-state index contributed by atoms with van der Waals surface area (Å²) in [5.41, 5.74) is 0. The summed E-state index contributed by atoms with van der Waals surface area (Å²) in [6.45, 7) is 1.52. The van der Waals surface area contributed by atoms with Gasteiger partial charge in [-0.2, -0.15) is 0 Å². The molecule has 1 heterocycles. The highest BCUT2D eigenvalue weighted by atomic mass is 35.5. The number of aliphatic hydroxyl groups excluding tert-OH is 1. The quantitative estimate of drug-likeness (QED) is 0.653. The van der Waals surface area contributed by atoms with Crippen LogP contribution in [0.2, 0.25) is 0 Å². The van der Waals surface area contributed by atoms with Gasteiger partial charge < -0.3 is 10.4 Å². The largest absolute Gasteiger partial charge is 0.396 e. The molecular formula is C7H16ClNO. The molecule has 0 aromatic rings. The van der Waals surface area contributed by atoms with Crippen LogP contribution in [0.25, 0.3) is 0 Å². The molecule has 0 aromatic carbocycles. The number of rotatable bonds is 3. The Morgan fingerprint density at radius 2 is 2.30 bits per heavy atom. The zero-order valence-corrected chi connectivity index (χ0v) is 6.99. The van der Waals surface area contributed by atoms with Gasteiger partial charge in [-0.05, 0) is 32.2 Å². The summed E-state index contributed by atoms with van der Waals surface area (Å²) in [6, 6.07) is 0.706. The predicted molar refractivity (Wildman–Crippen MR) is 44.6 cm³/mol. The third kappa shape index (κ3) is 3.40. The van der Waals surface area contributed by atoms with E-state index in [1.54, 1.807) is 0 Å². The topological polar surface area (TPSA) is 32.3 Å². The minimum Gasteiger partial charge on any atom is -0.396 e. The van der Waals surface area contributed by atoms with E-state index in [-0.39, 0.29) is 12.4 Å². The average molecular weight is 166 g/mol. The Morgan fingerprint density at radius 1 is 1.50 bits per heavy atom. The van der Waals surface area contributed by atoms with Crippen LogP contribution in [0, 0.1) is 0 Å². The second kappa shape index (κ2) is 5.96. The number of nitrogens with one attached hydrogen (secondary N) is 1. The molecule has 1 saturated heterocycles. The Morgan fingerprint density at radius 3 is 2.80 bits per heavy atom. The second-order valence-corrected chi connectivity index (χ2v) is 2.66. The maximum atomic E-state index is 8.50. The van der Waals surface area contributed by atoms with Crippen LogP contribution in [0.4, 0.5) is 0 Å². The fourth-order valence-corrected chi connectivity index (χ4v) is 1.34. The molecule has 0 aliphatic carbocycles. The minimum absolute atomic E-state index is 0. The first-order chi connectivity index (χ1) is 4.43. The van der Waals surface area contributed by atoms with Crippen molar-refractivity contribution in [1.29, 1.82) is 0 Å². The molecule has 0 unspecified atom stereocenters. The van der Waals surface area contributed by atoms with Gasteiger partial charge in [0.2, 0.25) is 0 Å². The van der Waals surface area contributed by atoms with E-state index in [0.29, 0.717) is 12.6 Å². The lowest BCUT2D eigenvalue weighted by atomic mass is 10.1. The average Bonchev–Trinajstić information content (AvgIpc) is 2.34. The maximum absolute atomic E-state index is 8.50. The molecule has 0 amide bonds. The third-order valence-electron chi connectivity index (χ3n) is 1.87. The van der Waals surface area contributed by atoms with Crippen LogP contribution in [-0.2, 0) is 0 Å². The summed E-state index contributed by atoms with van der Waals surface area (Å²) in [4.78, 5) is 0. The summed E-state index contributed by atoms with van der Waals surface area (Å²) >= 11 is 0. The van der Waals surface area contributed by atoms with Gasteiger partial charge in [0.1, 0.15) is 0 Å². The van der Waals surface area contributed by atoms with Gasteiger partial charge >= 0.3 is 0 Å². The smallest absolute Gasteiger partial charge is 0.0431 e. The van der Waals surface area contributed by atoms with Crippen molar-refractivity contribution in [1.82, 2.24) is 5.32 Å². The fourth-order valence-electron chi connectivity index (χ4n) is 1.34. The van der Waals surface area contributed by atoms with Crippen LogP contribution in [0.1, 0.15) is 25.7 Å². The molecular weight excluding hydrogens is 150 g/mol. The van der Waals surface area contributed by atoms with Gasteiger partial charge in [0.05, 0.1) is 0 Å². The van der Waals surface area contributed by atoms with Crippen LogP contribution < -0.4 is 5.32 Å². The van der Waals surface area contributed by atoms with Crippen LogP contribution >= 0.6 is 12.4 Å². The maximum Gasteiger partial charge on any atom is 0.0431 e. The van der Waals surface area contributed by atoms with Gasteiger partial charge in [-0.1, -0.05) is 0 Å². The van der Waals surface area contributed by atoms with Gasteiger partial charge in [0.15, 0.2) is 0 Å². The van der Waals surface area contributed by atoms with E-state index in [1.807, 2.05) is 0 Å². The lowest BCUT2D eigenvalue weighted by Crippen LogP contribution is -2.21. The van der Waals surface area contributed by atoms with E-state index in [9.17, 15) is 0 Å². The summed E-state index contributed by atoms with van der Waals surface area (Å²) < 4.78 is 0. The van der Waals surface area contributed by atoms with Crippen LogP contribution in [0.3, 0.4) is 0 Å². The zero-order valence-electron chi connectivity index (χ0n) is 6.18. The summed E-state index contributed by atoms with van der Waals surface area (Å²) in [7, 11) is 0. The van der Waals surface area contributed by atoms with E-state index in [4.69, 9.17) is 5.11 Å². The molecule has 1 atom stereocenters. The summed E-state index contributed by atoms with van der Waals surface area (Å²) in [6.07, 6.45) is 4.73. The van der Waals surface area contributed by atoms with Crippen LogP contribution in [0.15, 0.2) is 0 Å². The number of hydrogen-bond donors (Lipinski definition) is 2. The first kappa shape index (κ1) is 10.2. The first-order valence-corrected chi connectivity index (χ1v) is 3.77. The van der Waals surface area contributed by atoms with Crippen LogP contribution in [0.5, 0.6) is 0 Å². The van der Waals surface area contributed by atoms with Crippen molar-refractivity contribution in [3.05, 3.63) is 0 Å². The minimum atomic E-state index is 0. The zero-order chi connectivity index (χ0) is 6.53. The molecule has 3 heteroatoms. The van der Waals surface area contributed by atoms with Crippen molar-refractivity contribution < 1.29 is 5.11 Å². The molecule has 2 N–H and O–H groups in total. The second-order valence-electron chi connectivity index (χ2n) is 2.66. The van der Waals surface area contributed by atoms with E-state index in [1.165, 1.54) is 19.4 Å². The molecule has 0 bridgehead atoms. The molecule has 0 aromatic heterocycles. The highest BCUT2D eigenvalue weighted by Gasteiger charge is 2.11. The van der Waals surface area contributed by atoms with Crippen molar-refractivity contribution in [2.45, 2.75) is 31.7 Å². The molecule has 62 valence electrons. The molecule has 1 fully saturated rings. The number of halogens is 1. The van der Waals surface area contributed by atoms with Gasteiger partial charge in [-0.25, -0.2) is 0 Å². The Balaban J connectivity index is 0.000000810. The van der Waals surface area contributed by atoms with Crippen molar-refractivity contribution >= 4 is 12.4 Å². The number of aliphatic hydroxyl groups is 1. The van der Waals surface area contributed by atoms with Gasteiger partial charge in [-0.3, -0.25) is 0 Å². The van der Waals surface area contributed by atoms with Gasteiger partial charge in [-0.15, -0.1) is 12.4 Å². The SMILES string of the molecule is Cl.OCCC[C@@H]1CCCN1. The van der Waals surface area contributed by atoms with E-state index < -0.39 is 0 Å². The molecule has 10 heavy (non-hydrogen) atoms. The summed E-state index contributed by atoms with van der Waals surface area (Å²) in [5, 5.41) is 11.9. The third-order valence-corrected chi connectivity index (χ3v) is 1.87. The highest BCUT2D eigenvalue weighted by Crippen LogP contribution is 2.09. The highest BCUT2D eigenvalue weighted by molar-refractivity contribution is 5.85. The lowest BCUT2D eigenvalue weighted by Gasteiger charge is -2.06. The number of hydrogen-bond acceptors (Lipinski definition) is 2. The molecule has 1 aliphatic heterocycles.